The standard InChI is InChI=1S/C15H26N4O/c1-10-11(16)17-13(14(2,3)4)18-12(10)19-7-8-20-9-15(19,5)6/h7-9H2,1-6H3,(H2,16,17,18). The number of rotatable bonds is 1. The second-order valence-corrected chi connectivity index (χ2v) is 7.15. The molecule has 0 spiro atoms. The van der Waals surface area contributed by atoms with Gasteiger partial charge in [0, 0.05) is 17.5 Å². The number of morpholine rings is 1. The minimum Gasteiger partial charge on any atom is -0.383 e. The van der Waals surface area contributed by atoms with Crippen LogP contribution in [0.1, 0.15) is 46.0 Å². The molecular formula is C15H26N4O. The smallest absolute Gasteiger partial charge is 0.138 e. The van der Waals surface area contributed by atoms with Crippen molar-refractivity contribution < 1.29 is 4.74 Å². The van der Waals surface area contributed by atoms with E-state index in [9.17, 15) is 0 Å². The van der Waals surface area contributed by atoms with E-state index in [0.29, 0.717) is 12.4 Å². The first-order chi connectivity index (χ1) is 9.13. The number of hydrogen-bond donors (Lipinski definition) is 1. The van der Waals surface area contributed by atoms with Crippen molar-refractivity contribution in [1.82, 2.24) is 9.97 Å². The van der Waals surface area contributed by atoms with Crippen LogP contribution in [0.15, 0.2) is 0 Å². The van der Waals surface area contributed by atoms with E-state index in [1.54, 1.807) is 0 Å². The second-order valence-electron chi connectivity index (χ2n) is 7.15. The molecule has 1 aromatic heterocycles. The summed E-state index contributed by atoms with van der Waals surface area (Å²) in [5.41, 5.74) is 6.85. The summed E-state index contributed by atoms with van der Waals surface area (Å²) in [6, 6.07) is 0. The van der Waals surface area contributed by atoms with Crippen LogP contribution in [0.2, 0.25) is 0 Å². The number of aromatic nitrogens is 2. The number of nitrogens with two attached hydrogens (primary N) is 1. The molecule has 2 rings (SSSR count). The molecule has 2 heterocycles. The Labute approximate surface area is 121 Å². The zero-order valence-corrected chi connectivity index (χ0v) is 13.4. The molecule has 1 saturated heterocycles. The van der Waals surface area contributed by atoms with Crippen molar-refractivity contribution >= 4 is 11.6 Å². The van der Waals surface area contributed by atoms with Crippen LogP contribution in [-0.2, 0) is 10.2 Å². The van der Waals surface area contributed by atoms with Crippen LogP contribution in [0.5, 0.6) is 0 Å². The van der Waals surface area contributed by atoms with Crippen LogP contribution in [0.3, 0.4) is 0 Å². The summed E-state index contributed by atoms with van der Waals surface area (Å²) in [6.45, 7) is 14.9. The number of hydrogen-bond acceptors (Lipinski definition) is 5. The highest BCUT2D eigenvalue weighted by Gasteiger charge is 2.34. The third-order valence-electron chi connectivity index (χ3n) is 3.73. The fourth-order valence-electron chi connectivity index (χ4n) is 2.37. The topological polar surface area (TPSA) is 64.3 Å². The molecule has 2 N–H and O–H groups in total. The molecule has 0 atom stereocenters. The third kappa shape index (κ3) is 2.73. The monoisotopic (exact) mass is 278 g/mol. The van der Waals surface area contributed by atoms with Crippen molar-refractivity contribution in [1.29, 1.82) is 0 Å². The van der Waals surface area contributed by atoms with Gasteiger partial charge in [-0.2, -0.15) is 0 Å². The molecule has 0 aromatic carbocycles. The van der Waals surface area contributed by atoms with E-state index in [2.05, 4.69) is 44.5 Å². The van der Waals surface area contributed by atoms with Crippen molar-refractivity contribution in [2.75, 3.05) is 30.4 Å². The maximum atomic E-state index is 6.10. The van der Waals surface area contributed by atoms with Crippen LogP contribution in [0.4, 0.5) is 11.6 Å². The Morgan fingerprint density at radius 3 is 2.45 bits per heavy atom. The van der Waals surface area contributed by atoms with Gasteiger partial charge in [-0.25, -0.2) is 9.97 Å². The lowest BCUT2D eigenvalue weighted by Gasteiger charge is -2.43. The van der Waals surface area contributed by atoms with E-state index in [4.69, 9.17) is 15.5 Å². The molecule has 0 amide bonds. The molecule has 112 valence electrons. The van der Waals surface area contributed by atoms with Crippen molar-refractivity contribution in [3.8, 4) is 0 Å². The van der Waals surface area contributed by atoms with E-state index >= 15 is 0 Å². The molecule has 0 radical (unpaired) electrons. The predicted octanol–water partition coefficient (Wildman–Crippen LogP) is 2.28. The first kappa shape index (κ1) is 15.0. The highest BCUT2D eigenvalue weighted by atomic mass is 16.5. The predicted molar refractivity (Wildman–Crippen MR) is 82.1 cm³/mol. The van der Waals surface area contributed by atoms with E-state index < -0.39 is 0 Å². The zero-order chi connectivity index (χ0) is 15.1. The van der Waals surface area contributed by atoms with Gasteiger partial charge in [0.1, 0.15) is 17.5 Å². The molecule has 0 unspecified atom stereocenters. The van der Waals surface area contributed by atoms with Crippen molar-refractivity contribution in [2.24, 2.45) is 0 Å². The molecule has 5 nitrogen and oxygen atoms in total. The summed E-state index contributed by atoms with van der Waals surface area (Å²) in [5.74, 6) is 2.30. The lowest BCUT2D eigenvalue weighted by molar-refractivity contribution is 0.0638. The highest BCUT2D eigenvalue weighted by Crippen LogP contribution is 2.32. The highest BCUT2D eigenvalue weighted by molar-refractivity contribution is 5.58. The normalized spacial score (nSPS) is 19.2. The zero-order valence-electron chi connectivity index (χ0n) is 13.4. The van der Waals surface area contributed by atoms with Gasteiger partial charge >= 0.3 is 0 Å². The summed E-state index contributed by atoms with van der Waals surface area (Å²) in [6.07, 6.45) is 0. The number of ether oxygens (including phenoxy) is 1. The Hall–Kier alpha value is -1.36. The van der Waals surface area contributed by atoms with Crippen molar-refractivity contribution in [3.05, 3.63) is 11.4 Å². The molecule has 1 aliphatic heterocycles. The van der Waals surface area contributed by atoms with E-state index in [-0.39, 0.29) is 11.0 Å². The number of anilines is 2. The minimum atomic E-state index is -0.118. The Balaban J connectivity index is 2.52. The molecular weight excluding hydrogens is 252 g/mol. The molecule has 0 aliphatic carbocycles. The van der Waals surface area contributed by atoms with Gasteiger partial charge in [0.05, 0.1) is 18.8 Å². The Bertz CT molecular complexity index is 505. The fourth-order valence-corrected chi connectivity index (χ4v) is 2.37. The average Bonchev–Trinajstić information content (AvgIpc) is 2.31. The minimum absolute atomic E-state index is 0.0844. The van der Waals surface area contributed by atoms with Gasteiger partial charge in [-0.15, -0.1) is 0 Å². The third-order valence-corrected chi connectivity index (χ3v) is 3.73. The molecule has 1 aliphatic rings. The number of nitrogens with zero attached hydrogens (tertiary/aromatic N) is 3. The fraction of sp³-hybridized carbons (Fsp3) is 0.733. The van der Waals surface area contributed by atoms with Crippen LogP contribution in [0, 0.1) is 6.92 Å². The van der Waals surface area contributed by atoms with Crippen LogP contribution >= 0.6 is 0 Å². The molecule has 1 fully saturated rings. The summed E-state index contributed by atoms with van der Waals surface area (Å²) in [5, 5.41) is 0. The van der Waals surface area contributed by atoms with Gasteiger partial charge in [0.25, 0.3) is 0 Å². The summed E-state index contributed by atoms with van der Waals surface area (Å²) in [7, 11) is 0. The van der Waals surface area contributed by atoms with Crippen LogP contribution in [-0.4, -0.2) is 35.3 Å². The molecule has 1 aromatic rings. The first-order valence-corrected chi connectivity index (χ1v) is 7.13. The largest absolute Gasteiger partial charge is 0.383 e. The van der Waals surface area contributed by atoms with E-state index in [1.165, 1.54) is 0 Å². The molecule has 5 heteroatoms. The van der Waals surface area contributed by atoms with Crippen LogP contribution < -0.4 is 10.6 Å². The molecule has 0 bridgehead atoms. The van der Waals surface area contributed by atoms with Gasteiger partial charge in [0.2, 0.25) is 0 Å². The number of nitrogen functional groups attached to an aromatic ring is 1. The lowest BCUT2D eigenvalue weighted by Crippen LogP contribution is -2.54. The average molecular weight is 278 g/mol. The molecule has 20 heavy (non-hydrogen) atoms. The Morgan fingerprint density at radius 1 is 1.25 bits per heavy atom. The van der Waals surface area contributed by atoms with Gasteiger partial charge < -0.3 is 15.4 Å². The summed E-state index contributed by atoms with van der Waals surface area (Å²) >= 11 is 0. The van der Waals surface area contributed by atoms with Crippen LogP contribution in [0.25, 0.3) is 0 Å². The summed E-state index contributed by atoms with van der Waals surface area (Å²) < 4.78 is 5.59. The maximum absolute atomic E-state index is 6.10. The van der Waals surface area contributed by atoms with Gasteiger partial charge in [-0.3, -0.25) is 0 Å². The molecule has 0 saturated carbocycles. The van der Waals surface area contributed by atoms with Gasteiger partial charge in [-0.05, 0) is 20.8 Å². The lowest BCUT2D eigenvalue weighted by atomic mass is 9.95. The maximum Gasteiger partial charge on any atom is 0.138 e. The Kier molecular flexibility index (Phi) is 3.67. The summed E-state index contributed by atoms with van der Waals surface area (Å²) in [4.78, 5) is 11.5. The van der Waals surface area contributed by atoms with Crippen molar-refractivity contribution in [2.45, 2.75) is 52.5 Å². The van der Waals surface area contributed by atoms with Crippen molar-refractivity contribution in [3.63, 3.8) is 0 Å². The second kappa shape index (κ2) is 4.88. The SMILES string of the molecule is Cc1c(N)nc(C(C)(C)C)nc1N1CCOCC1(C)C. The van der Waals surface area contributed by atoms with E-state index in [1.807, 2.05) is 6.92 Å². The van der Waals surface area contributed by atoms with E-state index in [0.717, 1.165) is 30.4 Å². The van der Waals surface area contributed by atoms with Gasteiger partial charge in [0.15, 0.2) is 0 Å². The van der Waals surface area contributed by atoms with Gasteiger partial charge in [-0.1, -0.05) is 20.8 Å². The quantitative estimate of drug-likeness (QED) is 0.854. The first-order valence-electron chi connectivity index (χ1n) is 7.13. The Morgan fingerprint density at radius 2 is 1.90 bits per heavy atom.